The van der Waals surface area contributed by atoms with Gasteiger partial charge in [-0.3, -0.25) is 10.1 Å². The molecule has 0 saturated carbocycles. The lowest BCUT2D eigenvalue weighted by Gasteiger charge is -2.50. The molecule has 6 nitrogen and oxygen atoms in total. The van der Waals surface area contributed by atoms with Crippen LogP contribution in [0.15, 0.2) is 18.2 Å². The molecule has 0 unspecified atom stereocenters. The first-order valence-corrected chi connectivity index (χ1v) is 6.03. The second-order valence-corrected chi connectivity index (χ2v) is 5.18. The number of nitro groups is 1. The van der Waals surface area contributed by atoms with Gasteiger partial charge in [-0.05, 0) is 12.0 Å². The van der Waals surface area contributed by atoms with Gasteiger partial charge in [0.05, 0.1) is 16.2 Å². The molecule has 0 amide bonds. The number of β-amino-alcohol motifs (C(OH)–C–C–N with tert-alkyl or cyclic N) is 1. The molecule has 0 aromatic heterocycles. The molecule has 1 aromatic rings. The summed E-state index contributed by atoms with van der Waals surface area (Å²) in [6.45, 7) is 4.77. The van der Waals surface area contributed by atoms with Gasteiger partial charge in [-0.25, -0.2) is 0 Å². The first-order valence-electron chi connectivity index (χ1n) is 6.03. The molecule has 1 saturated heterocycles. The van der Waals surface area contributed by atoms with Crippen LogP contribution in [0.2, 0.25) is 0 Å². The number of rotatable bonds is 3. The Bertz CT molecular complexity index is 557. The second-order valence-electron chi connectivity index (χ2n) is 5.18. The molecule has 0 spiro atoms. The van der Waals surface area contributed by atoms with E-state index in [4.69, 9.17) is 5.26 Å². The average molecular weight is 261 g/mol. The zero-order valence-corrected chi connectivity index (χ0v) is 10.8. The first-order chi connectivity index (χ1) is 8.87. The molecule has 0 radical (unpaired) electrons. The molecule has 2 rings (SSSR count). The highest BCUT2D eigenvalue weighted by molar-refractivity contribution is 5.64. The van der Waals surface area contributed by atoms with Crippen molar-refractivity contribution in [2.45, 2.75) is 19.4 Å². The van der Waals surface area contributed by atoms with Gasteiger partial charge < -0.3 is 10.0 Å². The van der Waals surface area contributed by atoms with E-state index in [2.05, 4.69) is 0 Å². The minimum atomic E-state index is -0.742. The lowest BCUT2D eigenvalue weighted by molar-refractivity contribution is -0.384. The van der Waals surface area contributed by atoms with Crippen molar-refractivity contribution >= 4 is 11.4 Å². The van der Waals surface area contributed by atoms with Crippen LogP contribution >= 0.6 is 0 Å². The third-order valence-corrected chi connectivity index (χ3v) is 3.66. The third-order valence-electron chi connectivity index (χ3n) is 3.66. The molecule has 1 aromatic carbocycles. The lowest BCUT2D eigenvalue weighted by Crippen LogP contribution is -2.64. The molecule has 1 fully saturated rings. The summed E-state index contributed by atoms with van der Waals surface area (Å²) in [5.41, 5.74) is 0.0625. The Morgan fingerprint density at radius 2 is 2.16 bits per heavy atom. The van der Waals surface area contributed by atoms with Crippen LogP contribution in [0.5, 0.6) is 0 Å². The maximum atomic E-state index is 10.7. The van der Waals surface area contributed by atoms with Crippen molar-refractivity contribution < 1.29 is 10.0 Å². The van der Waals surface area contributed by atoms with Gasteiger partial charge >= 0.3 is 0 Å². The van der Waals surface area contributed by atoms with Crippen molar-refractivity contribution in [2.24, 2.45) is 5.92 Å². The van der Waals surface area contributed by atoms with E-state index in [9.17, 15) is 15.2 Å². The van der Waals surface area contributed by atoms with Crippen LogP contribution in [-0.4, -0.2) is 28.7 Å². The van der Waals surface area contributed by atoms with Gasteiger partial charge in [-0.15, -0.1) is 0 Å². The number of benzene rings is 1. The molecule has 0 bridgehead atoms. The smallest absolute Gasteiger partial charge is 0.270 e. The number of hydrogen-bond acceptors (Lipinski definition) is 5. The quantitative estimate of drug-likeness (QED) is 0.660. The molecule has 1 N–H and O–H groups in total. The van der Waals surface area contributed by atoms with Crippen molar-refractivity contribution in [3.05, 3.63) is 33.9 Å². The fourth-order valence-corrected chi connectivity index (χ4v) is 2.15. The summed E-state index contributed by atoms with van der Waals surface area (Å²) in [7, 11) is 0. The molecule has 1 aliphatic rings. The normalized spacial score (nSPS) is 16.9. The Morgan fingerprint density at radius 1 is 1.53 bits per heavy atom. The highest BCUT2D eigenvalue weighted by Crippen LogP contribution is 2.35. The number of nitriles is 1. The number of nitro benzene ring substituents is 1. The minimum absolute atomic E-state index is 0.0973. The van der Waals surface area contributed by atoms with Crippen LogP contribution in [0.25, 0.3) is 0 Å². The summed E-state index contributed by atoms with van der Waals surface area (Å²) in [5.74, 6) is 0.132. The molecule has 0 atom stereocenters. The van der Waals surface area contributed by atoms with Crippen molar-refractivity contribution in [3.63, 3.8) is 0 Å². The van der Waals surface area contributed by atoms with E-state index < -0.39 is 10.5 Å². The molecule has 19 heavy (non-hydrogen) atoms. The van der Waals surface area contributed by atoms with Gasteiger partial charge in [-0.2, -0.15) is 5.26 Å². The van der Waals surface area contributed by atoms with Crippen molar-refractivity contribution in [2.75, 3.05) is 18.0 Å². The number of non-ortho nitro benzene ring substituents is 1. The van der Waals surface area contributed by atoms with Crippen LogP contribution in [0, 0.1) is 27.4 Å². The molecule has 1 aliphatic heterocycles. The average Bonchev–Trinajstić information content (AvgIpc) is 2.33. The van der Waals surface area contributed by atoms with E-state index in [0.717, 1.165) is 0 Å². The maximum Gasteiger partial charge on any atom is 0.270 e. The topological polar surface area (TPSA) is 90.4 Å². The zero-order chi connectivity index (χ0) is 14.2. The van der Waals surface area contributed by atoms with E-state index in [0.29, 0.717) is 18.8 Å². The minimum Gasteiger partial charge on any atom is -0.386 e. The van der Waals surface area contributed by atoms with Gasteiger partial charge in [0, 0.05) is 25.2 Å². The Balaban J connectivity index is 2.24. The summed E-state index contributed by atoms with van der Waals surface area (Å²) in [4.78, 5) is 12.0. The predicted molar refractivity (Wildman–Crippen MR) is 69.8 cm³/mol. The summed E-state index contributed by atoms with van der Waals surface area (Å²) >= 11 is 0. The Kier molecular flexibility index (Phi) is 3.16. The Labute approximate surface area is 111 Å². The maximum absolute atomic E-state index is 10.7. The number of aliphatic hydroxyl groups is 1. The van der Waals surface area contributed by atoms with Crippen molar-refractivity contribution in [1.29, 1.82) is 5.26 Å². The molecule has 100 valence electrons. The third kappa shape index (κ3) is 2.25. The number of anilines is 1. The molecule has 1 heterocycles. The van der Waals surface area contributed by atoms with E-state index in [-0.39, 0.29) is 17.2 Å². The summed E-state index contributed by atoms with van der Waals surface area (Å²) in [6.07, 6.45) is 0. The fourth-order valence-electron chi connectivity index (χ4n) is 2.15. The van der Waals surface area contributed by atoms with Crippen LogP contribution in [-0.2, 0) is 0 Å². The van der Waals surface area contributed by atoms with Crippen LogP contribution in [0.1, 0.15) is 19.4 Å². The van der Waals surface area contributed by atoms with E-state index in [1.54, 1.807) is 6.07 Å². The fraction of sp³-hybridized carbons (Fsp3) is 0.462. The Hall–Kier alpha value is -2.13. The zero-order valence-electron chi connectivity index (χ0n) is 10.8. The van der Waals surface area contributed by atoms with Crippen LogP contribution < -0.4 is 4.90 Å². The van der Waals surface area contributed by atoms with Crippen molar-refractivity contribution in [1.82, 2.24) is 0 Å². The second kappa shape index (κ2) is 4.52. The van der Waals surface area contributed by atoms with Gasteiger partial charge in [0.2, 0.25) is 0 Å². The number of nitrogens with zero attached hydrogens (tertiary/aromatic N) is 3. The van der Waals surface area contributed by atoms with Crippen molar-refractivity contribution in [3.8, 4) is 6.07 Å². The Morgan fingerprint density at radius 3 is 2.63 bits per heavy atom. The van der Waals surface area contributed by atoms with E-state index >= 15 is 0 Å². The van der Waals surface area contributed by atoms with Gasteiger partial charge in [0.15, 0.2) is 0 Å². The lowest BCUT2D eigenvalue weighted by atomic mass is 9.82. The number of hydrogen-bond donors (Lipinski definition) is 1. The van der Waals surface area contributed by atoms with Gasteiger partial charge in [-0.1, -0.05) is 13.8 Å². The first kappa shape index (κ1) is 13.3. The van der Waals surface area contributed by atoms with E-state index in [1.165, 1.54) is 12.1 Å². The van der Waals surface area contributed by atoms with Crippen LogP contribution in [0.3, 0.4) is 0 Å². The highest BCUT2D eigenvalue weighted by atomic mass is 16.6. The van der Waals surface area contributed by atoms with E-state index in [1.807, 2.05) is 24.8 Å². The van der Waals surface area contributed by atoms with Crippen LogP contribution in [0.4, 0.5) is 11.4 Å². The largest absolute Gasteiger partial charge is 0.386 e. The SMILES string of the molecule is CC(C)C1(O)CN(c2ccc([N+](=O)[O-])cc2C#N)C1. The monoisotopic (exact) mass is 261 g/mol. The molecule has 6 heteroatoms. The summed E-state index contributed by atoms with van der Waals surface area (Å²) in [6, 6.07) is 6.18. The molecular formula is C13H15N3O3. The summed E-state index contributed by atoms with van der Waals surface area (Å²) < 4.78 is 0. The molecule has 0 aliphatic carbocycles. The standard InChI is InChI=1S/C13H15N3O3/c1-9(2)13(17)7-15(8-13)12-4-3-11(16(18)19)5-10(12)6-14/h3-5,9,17H,7-8H2,1-2H3. The van der Waals surface area contributed by atoms with Gasteiger partial charge in [0.1, 0.15) is 11.7 Å². The molecular weight excluding hydrogens is 246 g/mol. The predicted octanol–water partition coefficient (Wildman–Crippen LogP) is 1.67. The highest BCUT2D eigenvalue weighted by Gasteiger charge is 2.44. The summed E-state index contributed by atoms with van der Waals surface area (Å²) in [5, 5.41) is 29.9. The van der Waals surface area contributed by atoms with Gasteiger partial charge in [0.25, 0.3) is 5.69 Å².